The van der Waals surface area contributed by atoms with Crippen molar-refractivity contribution in [1.82, 2.24) is 9.55 Å². The first-order valence-electron chi connectivity index (χ1n) is 5.47. The van der Waals surface area contributed by atoms with E-state index in [1.807, 2.05) is 10.8 Å². The first-order valence-corrected chi connectivity index (χ1v) is 5.47. The van der Waals surface area contributed by atoms with Gasteiger partial charge in [-0.2, -0.15) is 0 Å². The number of imidazole rings is 1. The third-order valence-electron chi connectivity index (χ3n) is 2.19. The van der Waals surface area contributed by atoms with E-state index in [9.17, 15) is 0 Å². The molecule has 0 aliphatic heterocycles. The molecule has 0 saturated heterocycles. The molecule has 1 aromatic rings. The normalized spacial score (nSPS) is 10.6. The van der Waals surface area contributed by atoms with E-state index in [2.05, 4.69) is 11.9 Å². The molecule has 0 unspecified atom stereocenters. The number of aromatic nitrogens is 2. The summed E-state index contributed by atoms with van der Waals surface area (Å²) < 4.78 is 7.42. The van der Waals surface area contributed by atoms with Crippen molar-refractivity contribution in [2.24, 2.45) is 0 Å². The minimum atomic E-state index is 0.633. The zero-order valence-corrected chi connectivity index (χ0v) is 8.98. The monoisotopic (exact) mass is 196 g/mol. The van der Waals surface area contributed by atoms with E-state index in [0.717, 1.165) is 6.61 Å². The lowest BCUT2D eigenvalue weighted by molar-refractivity contribution is 0.0738. The maximum atomic E-state index is 5.48. The second-order valence-corrected chi connectivity index (χ2v) is 3.53. The molecule has 0 aromatic carbocycles. The summed E-state index contributed by atoms with van der Waals surface area (Å²) in [5.41, 5.74) is 0. The van der Waals surface area contributed by atoms with E-state index < -0.39 is 0 Å². The van der Waals surface area contributed by atoms with Crippen LogP contribution in [0.25, 0.3) is 0 Å². The van der Waals surface area contributed by atoms with Crippen molar-refractivity contribution in [1.29, 1.82) is 0 Å². The Bertz CT molecular complexity index is 209. The van der Waals surface area contributed by atoms with Gasteiger partial charge in [0.15, 0.2) is 0 Å². The molecule has 80 valence electrons. The third-order valence-corrected chi connectivity index (χ3v) is 2.19. The topological polar surface area (TPSA) is 27.1 Å². The molecule has 0 aliphatic carbocycles. The van der Waals surface area contributed by atoms with Crippen LogP contribution in [0.1, 0.15) is 39.0 Å². The molecule has 0 aliphatic rings. The van der Waals surface area contributed by atoms with E-state index in [1.54, 1.807) is 12.5 Å². The maximum Gasteiger partial charge on any atom is 0.123 e. The van der Waals surface area contributed by atoms with Crippen LogP contribution in [0.4, 0.5) is 0 Å². The van der Waals surface area contributed by atoms with Crippen LogP contribution < -0.4 is 0 Å². The lowest BCUT2D eigenvalue weighted by atomic mass is 10.2. The van der Waals surface area contributed by atoms with E-state index >= 15 is 0 Å². The number of nitrogens with zero attached hydrogens (tertiary/aromatic N) is 2. The molecule has 1 heterocycles. The molecule has 0 N–H and O–H groups in total. The fraction of sp³-hybridized carbons (Fsp3) is 0.727. The molecule has 0 spiro atoms. The van der Waals surface area contributed by atoms with Gasteiger partial charge in [-0.3, -0.25) is 0 Å². The van der Waals surface area contributed by atoms with Gasteiger partial charge in [0.25, 0.3) is 0 Å². The standard InChI is InChI=1S/C11H20N2O/c1-2-3-4-5-6-9-14-11-13-8-7-12-10-13/h7-8,10H,2-6,9,11H2,1H3. The average molecular weight is 196 g/mol. The van der Waals surface area contributed by atoms with Crippen molar-refractivity contribution < 1.29 is 4.74 Å². The highest BCUT2D eigenvalue weighted by atomic mass is 16.5. The summed E-state index contributed by atoms with van der Waals surface area (Å²) >= 11 is 0. The average Bonchev–Trinajstić information content (AvgIpc) is 2.69. The molecule has 1 aromatic heterocycles. The molecular formula is C11H20N2O. The van der Waals surface area contributed by atoms with Crippen molar-refractivity contribution in [2.75, 3.05) is 6.61 Å². The minimum Gasteiger partial charge on any atom is -0.361 e. The van der Waals surface area contributed by atoms with Crippen LogP contribution >= 0.6 is 0 Å². The van der Waals surface area contributed by atoms with Gasteiger partial charge in [-0.25, -0.2) is 4.98 Å². The molecule has 0 amide bonds. The number of unbranched alkanes of at least 4 members (excludes halogenated alkanes) is 4. The Morgan fingerprint density at radius 2 is 2.07 bits per heavy atom. The highest BCUT2D eigenvalue weighted by Crippen LogP contribution is 2.02. The summed E-state index contributed by atoms with van der Waals surface area (Å²) in [6.45, 7) is 3.73. The second-order valence-electron chi connectivity index (χ2n) is 3.53. The predicted octanol–water partition coefficient (Wildman–Crippen LogP) is 2.83. The Morgan fingerprint density at radius 1 is 1.21 bits per heavy atom. The van der Waals surface area contributed by atoms with Crippen LogP contribution in [0.2, 0.25) is 0 Å². The summed E-state index contributed by atoms with van der Waals surface area (Å²) in [5.74, 6) is 0. The van der Waals surface area contributed by atoms with E-state index in [-0.39, 0.29) is 0 Å². The first-order chi connectivity index (χ1) is 6.93. The van der Waals surface area contributed by atoms with Gasteiger partial charge >= 0.3 is 0 Å². The van der Waals surface area contributed by atoms with Gasteiger partial charge in [0.1, 0.15) is 6.73 Å². The van der Waals surface area contributed by atoms with Crippen LogP contribution in [0.5, 0.6) is 0 Å². The van der Waals surface area contributed by atoms with Crippen LogP contribution in [0, 0.1) is 0 Å². The van der Waals surface area contributed by atoms with Crippen molar-refractivity contribution in [3.8, 4) is 0 Å². The van der Waals surface area contributed by atoms with E-state index in [4.69, 9.17) is 4.74 Å². The summed E-state index contributed by atoms with van der Waals surface area (Å²) in [6.07, 6.45) is 11.9. The molecule has 1 rings (SSSR count). The molecule has 0 radical (unpaired) electrons. The number of ether oxygens (including phenoxy) is 1. The van der Waals surface area contributed by atoms with Crippen molar-refractivity contribution >= 4 is 0 Å². The number of hydrogen-bond acceptors (Lipinski definition) is 2. The Morgan fingerprint density at radius 3 is 2.79 bits per heavy atom. The highest BCUT2D eigenvalue weighted by molar-refractivity contribution is 4.71. The van der Waals surface area contributed by atoms with Crippen LogP contribution in [-0.4, -0.2) is 16.2 Å². The smallest absolute Gasteiger partial charge is 0.123 e. The Hall–Kier alpha value is -0.830. The van der Waals surface area contributed by atoms with Gasteiger partial charge in [-0.05, 0) is 6.42 Å². The zero-order chi connectivity index (χ0) is 10.1. The Kier molecular flexibility index (Phi) is 6.07. The van der Waals surface area contributed by atoms with Gasteiger partial charge in [-0.1, -0.05) is 32.6 Å². The van der Waals surface area contributed by atoms with Crippen LogP contribution in [0.15, 0.2) is 18.7 Å². The van der Waals surface area contributed by atoms with Gasteiger partial charge in [0, 0.05) is 19.0 Å². The summed E-state index contributed by atoms with van der Waals surface area (Å²) in [4.78, 5) is 3.94. The van der Waals surface area contributed by atoms with Crippen LogP contribution in [-0.2, 0) is 11.5 Å². The largest absolute Gasteiger partial charge is 0.361 e. The lowest BCUT2D eigenvalue weighted by Crippen LogP contribution is -2.01. The Labute approximate surface area is 86.1 Å². The Balaban J connectivity index is 1.85. The molecule has 3 nitrogen and oxygen atoms in total. The highest BCUT2D eigenvalue weighted by Gasteiger charge is 1.91. The molecular weight excluding hydrogens is 176 g/mol. The molecule has 0 saturated carbocycles. The van der Waals surface area contributed by atoms with Gasteiger partial charge < -0.3 is 9.30 Å². The summed E-state index contributed by atoms with van der Waals surface area (Å²) in [6, 6.07) is 0. The quantitative estimate of drug-likeness (QED) is 0.598. The predicted molar refractivity (Wildman–Crippen MR) is 56.9 cm³/mol. The van der Waals surface area contributed by atoms with Crippen molar-refractivity contribution in [3.63, 3.8) is 0 Å². The molecule has 0 fully saturated rings. The maximum absolute atomic E-state index is 5.48. The van der Waals surface area contributed by atoms with E-state index in [0.29, 0.717) is 6.73 Å². The van der Waals surface area contributed by atoms with Crippen LogP contribution in [0.3, 0.4) is 0 Å². The number of rotatable bonds is 8. The molecule has 3 heteroatoms. The SMILES string of the molecule is CCCCCCCOCn1ccnc1. The molecule has 0 atom stereocenters. The van der Waals surface area contributed by atoms with E-state index in [1.165, 1.54) is 32.1 Å². The minimum absolute atomic E-state index is 0.633. The summed E-state index contributed by atoms with van der Waals surface area (Å²) in [7, 11) is 0. The lowest BCUT2D eigenvalue weighted by Gasteiger charge is -2.04. The third kappa shape index (κ3) is 5.02. The van der Waals surface area contributed by atoms with Crippen molar-refractivity contribution in [2.45, 2.75) is 45.8 Å². The van der Waals surface area contributed by atoms with Gasteiger partial charge in [0.05, 0.1) is 6.33 Å². The second kappa shape index (κ2) is 7.56. The van der Waals surface area contributed by atoms with Gasteiger partial charge in [0.2, 0.25) is 0 Å². The fourth-order valence-corrected chi connectivity index (χ4v) is 1.34. The fourth-order valence-electron chi connectivity index (χ4n) is 1.34. The summed E-state index contributed by atoms with van der Waals surface area (Å²) in [5, 5.41) is 0. The number of hydrogen-bond donors (Lipinski definition) is 0. The zero-order valence-electron chi connectivity index (χ0n) is 8.98. The van der Waals surface area contributed by atoms with Gasteiger partial charge in [-0.15, -0.1) is 0 Å². The molecule has 14 heavy (non-hydrogen) atoms. The van der Waals surface area contributed by atoms with Crippen molar-refractivity contribution in [3.05, 3.63) is 18.7 Å². The molecule has 0 bridgehead atoms. The first kappa shape index (κ1) is 11.2.